The number of carboxylic acids is 1. The fraction of sp³-hybridized carbons (Fsp3) is 0.167. The minimum atomic E-state index is -1.02. The average Bonchev–Trinajstić information content (AvgIpc) is 2.26. The summed E-state index contributed by atoms with van der Waals surface area (Å²) in [6.45, 7) is 1.93. The largest absolute Gasteiger partial charge is 0.478 e. The highest BCUT2D eigenvalue weighted by Crippen LogP contribution is 2.16. The Labute approximate surface area is 98.0 Å². The van der Waals surface area contributed by atoms with Crippen LogP contribution >= 0.6 is 0 Å². The van der Waals surface area contributed by atoms with Crippen molar-refractivity contribution >= 4 is 11.7 Å². The molecule has 0 amide bonds. The molecular formula is C12H11FN2O2. The highest BCUT2D eigenvalue weighted by atomic mass is 19.1. The molecule has 4 nitrogen and oxygen atoms in total. The number of nitriles is 1. The summed E-state index contributed by atoms with van der Waals surface area (Å²) in [4.78, 5) is 10.4. The summed E-state index contributed by atoms with van der Waals surface area (Å²) in [5.74, 6) is -1.51. The molecule has 0 saturated heterocycles. The van der Waals surface area contributed by atoms with E-state index in [-0.39, 0.29) is 12.1 Å². The third-order valence-electron chi connectivity index (χ3n) is 2.03. The molecule has 0 atom stereocenters. The number of nitrogens with one attached hydrogen (secondary N) is 1. The fourth-order valence-electron chi connectivity index (χ4n) is 1.26. The van der Waals surface area contributed by atoms with Crippen LogP contribution in [0.3, 0.4) is 0 Å². The first-order valence-electron chi connectivity index (χ1n) is 4.86. The van der Waals surface area contributed by atoms with Gasteiger partial charge in [0.15, 0.2) is 0 Å². The SMILES string of the molecule is C/C(=C/C(=O)O)CNc1ccc(F)cc1C#N. The van der Waals surface area contributed by atoms with E-state index in [9.17, 15) is 9.18 Å². The molecule has 0 heterocycles. The maximum absolute atomic E-state index is 12.8. The fourth-order valence-corrected chi connectivity index (χ4v) is 1.26. The van der Waals surface area contributed by atoms with E-state index in [1.54, 1.807) is 6.92 Å². The van der Waals surface area contributed by atoms with Crippen LogP contribution in [0, 0.1) is 17.1 Å². The number of nitrogens with zero attached hydrogens (tertiary/aromatic N) is 1. The van der Waals surface area contributed by atoms with Crippen molar-refractivity contribution in [2.24, 2.45) is 0 Å². The molecule has 0 aliphatic heterocycles. The standard InChI is InChI=1S/C12H11FN2O2/c1-8(4-12(16)17)7-15-11-3-2-10(13)5-9(11)6-14/h2-5,15H,7H2,1H3,(H,16,17)/b8-4-. The van der Waals surface area contributed by atoms with E-state index >= 15 is 0 Å². The summed E-state index contributed by atoms with van der Waals surface area (Å²) in [6, 6.07) is 5.67. The predicted molar refractivity (Wildman–Crippen MR) is 61.0 cm³/mol. The van der Waals surface area contributed by atoms with Gasteiger partial charge < -0.3 is 10.4 Å². The van der Waals surface area contributed by atoms with Crippen molar-refractivity contribution in [2.75, 3.05) is 11.9 Å². The van der Waals surface area contributed by atoms with Crippen LogP contribution < -0.4 is 5.32 Å². The Bertz CT molecular complexity index is 504. The molecule has 88 valence electrons. The quantitative estimate of drug-likeness (QED) is 0.783. The third kappa shape index (κ3) is 3.95. The molecular weight excluding hydrogens is 223 g/mol. The van der Waals surface area contributed by atoms with Crippen molar-refractivity contribution in [3.8, 4) is 6.07 Å². The van der Waals surface area contributed by atoms with Crippen LogP contribution in [0.1, 0.15) is 12.5 Å². The topological polar surface area (TPSA) is 73.1 Å². The number of aliphatic carboxylic acids is 1. The van der Waals surface area contributed by atoms with Gasteiger partial charge in [-0.2, -0.15) is 5.26 Å². The Hall–Kier alpha value is -2.35. The lowest BCUT2D eigenvalue weighted by Gasteiger charge is -2.08. The second-order valence-electron chi connectivity index (χ2n) is 3.48. The molecule has 0 aliphatic carbocycles. The third-order valence-corrected chi connectivity index (χ3v) is 2.03. The molecule has 1 aromatic carbocycles. The zero-order valence-electron chi connectivity index (χ0n) is 9.20. The molecule has 0 saturated carbocycles. The number of hydrogen-bond acceptors (Lipinski definition) is 3. The van der Waals surface area contributed by atoms with Crippen molar-refractivity contribution < 1.29 is 14.3 Å². The number of rotatable bonds is 4. The smallest absolute Gasteiger partial charge is 0.328 e. The summed E-state index contributed by atoms with van der Waals surface area (Å²) in [7, 11) is 0. The van der Waals surface area contributed by atoms with Crippen LogP contribution in [-0.4, -0.2) is 17.6 Å². The first-order chi connectivity index (χ1) is 8.02. The first-order valence-corrected chi connectivity index (χ1v) is 4.86. The van der Waals surface area contributed by atoms with Gasteiger partial charge in [0.1, 0.15) is 11.9 Å². The van der Waals surface area contributed by atoms with E-state index in [0.717, 1.165) is 12.1 Å². The Morgan fingerprint density at radius 2 is 2.35 bits per heavy atom. The van der Waals surface area contributed by atoms with Crippen LogP contribution in [0.4, 0.5) is 10.1 Å². The van der Waals surface area contributed by atoms with Crippen molar-refractivity contribution in [3.63, 3.8) is 0 Å². The lowest BCUT2D eigenvalue weighted by atomic mass is 10.2. The van der Waals surface area contributed by atoms with Gasteiger partial charge >= 0.3 is 5.97 Å². The second-order valence-corrected chi connectivity index (χ2v) is 3.48. The Morgan fingerprint density at radius 1 is 1.65 bits per heavy atom. The molecule has 5 heteroatoms. The van der Waals surface area contributed by atoms with Crippen LogP contribution in [0.15, 0.2) is 29.8 Å². The van der Waals surface area contributed by atoms with Gasteiger partial charge in [0, 0.05) is 12.6 Å². The normalized spacial score (nSPS) is 10.8. The summed E-state index contributed by atoms with van der Waals surface area (Å²) in [5.41, 5.74) is 1.27. The number of carbonyl (C=O) groups is 1. The van der Waals surface area contributed by atoms with Crippen LogP contribution in [0.2, 0.25) is 0 Å². The van der Waals surface area contributed by atoms with Crippen LogP contribution in [0.5, 0.6) is 0 Å². The van der Waals surface area contributed by atoms with Gasteiger partial charge in [-0.25, -0.2) is 9.18 Å². The van der Waals surface area contributed by atoms with Crippen molar-refractivity contribution in [1.29, 1.82) is 5.26 Å². The van der Waals surface area contributed by atoms with Gasteiger partial charge in [-0.05, 0) is 30.7 Å². The molecule has 0 unspecified atom stereocenters. The number of hydrogen-bond donors (Lipinski definition) is 2. The van der Waals surface area contributed by atoms with Gasteiger partial charge in [-0.1, -0.05) is 0 Å². The lowest BCUT2D eigenvalue weighted by Crippen LogP contribution is -2.06. The van der Waals surface area contributed by atoms with E-state index in [1.165, 1.54) is 12.1 Å². The van der Waals surface area contributed by atoms with Gasteiger partial charge in [-0.3, -0.25) is 0 Å². The molecule has 0 bridgehead atoms. The molecule has 0 radical (unpaired) electrons. The highest BCUT2D eigenvalue weighted by Gasteiger charge is 2.03. The first kappa shape index (κ1) is 12.7. The summed E-state index contributed by atoms with van der Waals surface area (Å²) >= 11 is 0. The average molecular weight is 234 g/mol. The van der Waals surface area contributed by atoms with Gasteiger partial charge in [-0.15, -0.1) is 0 Å². The molecule has 0 spiro atoms. The molecule has 17 heavy (non-hydrogen) atoms. The summed E-state index contributed by atoms with van der Waals surface area (Å²) in [5, 5.41) is 20.2. The van der Waals surface area contributed by atoms with Crippen molar-refractivity contribution in [2.45, 2.75) is 6.92 Å². The van der Waals surface area contributed by atoms with Crippen LogP contribution in [-0.2, 0) is 4.79 Å². The Balaban J connectivity index is 2.77. The maximum atomic E-state index is 12.8. The van der Waals surface area contributed by atoms with Crippen LogP contribution in [0.25, 0.3) is 0 Å². The van der Waals surface area contributed by atoms with Gasteiger partial charge in [0.2, 0.25) is 0 Å². The van der Waals surface area contributed by atoms with Gasteiger partial charge in [0.25, 0.3) is 0 Å². The van der Waals surface area contributed by atoms with E-state index in [0.29, 0.717) is 11.3 Å². The zero-order chi connectivity index (χ0) is 12.8. The van der Waals surface area contributed by atoms with Gasteiger partial charge in [0.05, 0.1) is 11.3 Å². The Kier molecular flexibility index (Phi) is 4.23. The van der Waals surface area contributed by atoms with Crippen molar-refractivity contribution in [1.82, 2.24) is 0 Å². The molecule has 0 aromatic heterocycles. The summed E-state index contributed by atoms with van der Waals surface area (Å²) in [6.07, 6.45) is 1.07. The maximum Gasteiger partial charge on any atom is 0.328 e. The number of anilines is 1. The molecule has 0 aliphatic rings. The Morgan fingerprint density at radius 3 is 2.94 bits per heavy atom. The van der Waals surface area contributed by atoms with E-state index in [2.05, 4.69) is 5.32 Å². The molecule has 1 aromatic rings. The van der Waals surface area contributed by atoms with E-state index in [4.69, 9.17) is 10.4 Å². The molecule has 2 N–H and O–H groups in total. The minimum absolute atomic E-state index is 0.188. The van der Waals surface area contributed by atoms with E-state index in [1.807, 2.05) is 6.07 Å². The monoisotopic (exact) mass is 234 g/mol. The summed E-state index contributed by atoms with van der Waals surface area (Å²) < 4.78 is 12.8. The number of benzene rings is 1. The highest BCUT2D eigenvalue weighted by molar-refractivity contribution is 5.80. The molecule has 0 fully saturated rings. The van der Waals surface area contributed by atoms with Crippen molar-refractivity contribution in [3.05, 3.63) is 41.2 Å². The number of halogens is 1. The molecule has 1 rings (SSSR count). The minimum Gasteiger partial charge on any atom is -0.478 e. The zero-order valence-corrected chi connectivity index (χ0v) is 9.20. The second kappa shape index (κ2) is 5.66. The predicted octanol–water partition coefficient (Wildman–Crippen LogP) is 2.14. The number of carboxylic acid groups (broad SMARTS) is 1. The lowest BCUT2D eigenvalue weighted by molar-refractivity contribution is -0.131. The van der Waals surface area contributed by atoms with E-state index < -0.39 is 11.8 Å².